The average molecular weight is 349 g/mol. The van der Waals surface area contributed by atoms with Crippen molar-refractivity contribution in [3.63, 3.8) is 0 Å². The molecule has 0 spiro atoms. The molecule has 1 heterocycles. The quantitative estimate of drug-likeness (QED) is 0.851. The van der Waals surface area contributed by atoms with Crippen LogP contribution >= 0.6 is 15.9 Å². The molecule has 1 unspecified atom stereocenters. The molecule has 1 saturated carbocycles. The summed E-state index contributed by atoms with van der Waals surface area (Å²) in [5, 5.41) is 3.51. The van der Waals surface area contributed by atoms with Gasteiger partial charge in [0, 0.05) is 34.9 Å². The molecule has 0 saturated heterocycles. The Labute approximate surface area is 132 Å². The van der Waals surface area contributed by atoms with Gasteiger partial charge in [0.05, 0.1) is 0 Å². The third kappa shape index (κ3) is 4.11. The summed E-state index contributed by atoms with van der Waals surface area (Å²) >= 11 is 3.39. The summed E-state index contributed by atoms with van der Waals surface area (Å²) in [6, 6.07) is 11.7. The van der Waals surface area contributed by atoms with E-state index in [0.29, 0.717) is 6.04 Å². The Hall–Kier alpha value is -1.26. The van der Waals surface area contributed by atoms with Crippen molar-refractivity contribution in [2.24, 2.45) is 0 Å². The van der Waals surface area contributed by atoms with Crippen molar-refractivity contribution in [3.8, 4) is 0 Å². The van der Waals surface area contributed by atoms with Crippen LogP contribution in [0.4, 0.5) is 4.39 Å². The molecule has 0 radical (unpaired) electrons. The SMILES string of the molecule is Fc1ccccc1C(CNC1CC1)Cc1ccc(Br)cn1. The first kappa shape index (κ1) is 14.7. The van der Waals surface area contributed by atoms with Crippen molar-refractivity contribution in [2.75, 3.05) is 6.54 Å². The topological polar surface area (TPSA) is 24.9 Å². The van der Waals surface area contributed by atoms with Gasteiger partial charge in [0.25, 0.3) is 0 Å². The molecular weight excluding hydrogens is 331 g/mol. The van der Waals surface area contributed by atoms with Gasteiger partial charge < -0.3 is 5.32 Å². The van der Waals surface area contributed by atoms with Gasteiger partial charge in [0.15, 0.2) is 0 Å². The predicted octanol–water partition coefficient (Wildman–Crippen LogP) is 4.06. The molecule has 1 atom stereocenters. The molecule has 4 heteroatoms. The van der Waals surface area contributed by atoms with Crippen LogP contribution in [0, 0.1) is 5.82 Å². The van der Waals surface area contributed by atoms with Crippen molar-refractivity contribution in [3.05, 3.63) is 64.1 Å². The highest BCUT2D eigenvalue weighted by molar-refractivity contribution is 9.10. The fraction of sp³-hybridized carbons (Fsp3) is 0.353. The van der Waals surface area contributed by atoms with Crippen LogP contribution in [0.5, 0.6) is 0 Å². The number of hydrogen-bond acceptors (Lipinski definition) is 2. The van der Waals surface area contributed by atoms with Crippen LogP contribution in [0.2, 0.25) is 0 Å². The van der Waals surface area contributed by atoms with Crippen molar-refractivity contribution < 1.29 is 4.39 Å². The first-order chi connectivity index (χ1) is 10.2. The molecule has 1 aliphatic rings. The third-order valence-corrected chi connectivity index (χ3v) is 4.29. The minimum Gasteiger partial charge on any atom is -0.313 e. The number of halogens is 2. The highest BCUT2D eigenvalue weighted by atomic mass is 79.9. The molecule has 1 aromatic carbocycles. The molecule has 0 aliphatic heterocycles. The predicted molar refractivity (Wildman–Crippen MR) is 85.8 cm³/mol. The summed E-state index contributed by atoms with van der Waals surface area (Å²) in [6.45, 7) is 0.795. The Balaban J connectivity index is 1.77. The Kier molecular flexibility index (Phi) is 4.66. The zero-order valence-corrected chi connectivity index (χ0v) is 13.3. The summed E-state index contributed by atoms with van der Waals surface area (Å²) in [6.07, 6.45) is 5.01. The van der Waals surface area contributed by atoms with Crippen molar-refractivity contribution in [1.29, 1.82) is 0 Å². The standard InChI is InChI=1S/C17H18BrFN2/c18-13-5-6-15(21-11-13)9-12(10-20-14-7-8-14)16-3-1-2-4-17(16)19/h1-6,11-12,14,20H,7-10H2. The third-order valence-electron chi connectivity index (χ3n) is 3.82. The van der Waals surface area contributed by atoms with Gasteiger partial charge in [-0.2, -0.15) is 0 Å². The number of nitrogens with zero attached hydrogens (tertiary/aromatic N) is 1. The summed E-state index contributed by atoms with van der Waals surface area (Å²) in [5.41, 5.74) is 1.76. The maximum Gasteiger partial charge on any atom is 0.126 e. The van der Waals surface area contributed by atoms with E-state index in [1.165, 1.54) is 18.9 Å². The zero-order chi connectivity index (χ0) is 14.7. The van der Waals surface area contributed by atoms with Gasteiger partial charge in [-0.1, -0.05) is 18.2 Å². The van der Waals surface area contributed by atoms with Gasteiger partial charge in [-0.25, -0.2) is 4.39 Å². The summed E-state index contributed by atoms with van der Waals surface area (Å²) in [7, 11) is 0. The molecule has 2 nitrogen and oxygen atoms in total. The Bertz CT molecular complexity index is 596. The fourth-order valence-corrected chi connectivity index (χ4v) is 2.71. The molecule has 1 aromatic heterocycles. The van der Waals surface area contributed by atoms with Gasteiger partial charge >= 0.3 is 0 Å². The highest BCUT2D eigenvalue weighted by Gasteiger charge is 2.24. The number of benzene rings is 1. The van der Waals surface area contributed by atoms with Crippen molar-refractivity contribution in [2.45, 2.75) is 31.2 Å². The van der Waals surface area contributed by atoms with Crippen molar-refractivity contribution >= 4 is 15.9 Å². The smallest absolute Gasteiger partial charge is 0.126 e. The van der Waals surface area contributed by atoms with Crippen LogP contribution in [-0.2, 0) is 6.42 Å². The number of aromatic nitrogens is 1. The molecule has 2 aromatic rings. The van der Waals surface area contributed by atoms with Gasteiger partial charge in [0.1, 0.15) is 5.82 Å². The van der Waals surface area contributed by atoms with E-state index < -0.39 is 0 Å². The van der Waals surface area contributed by atoms with Crippen LogP contribution in [0.1, 0.15) is 30.0 Å². The monoisotopic (exact) mass is 348 g/mol. The van der Waals surface area contributed by atoms with E-state index in [0.717, 1.165) is 28.7 Å². The zero-order valence-electron chi connectivity index (χ0n) is 11.7. The van der Waals surface area contributed by atoms with E-state index >= 15 is 0 Å². The molecule has 0 bridgehead atoms. The fourth-order valence-electron chi connectivity index (χ4n) is 2.47. The van der Waals surface area contributed by atoms with Gasteiger partial charge in [-0.3, -0.25) is 4.98 Å². The molecular formula is C17H18BrFN2. The normalized spacial score (nSPS) is 15.9. The molecule has 1 N–H and O–H groups in total. The maximum atomic E-state index is 14.1. The molecule has 0 amide bonds. The number of pyridine rings is 1. The maximum absolute atomic E-state index is 14.1. The minimum atomic E-state index is -0.128. The van der Waals surface area contributed by atoms with E-state index in [-0.39, 0.29) is 11.7 Å². The molecule has 110 valence electrons. The first-order valence-electron chi connectivity index (χ1n) is 7.30. The summed E-state index contributed by atoms with van der Waals surface area (Å²) in [5.74, 6) is -0.0160. The lowest BCUT2D eigenvalue weighted by Crippen LogP contribution is -2.25. The van der Waals surface area contributed by atoms with Crippen LogP contribution < -0.4 is 5.32 Å². The summed E-state index contributed by atoms with van der Waals surface area (Å²) in [4.78, 5) is 4.42. The Morgan fingerprint density at radius 1 is 1.24 bits per heavy atom. The lowest BCUT2D eigenvalue weighted by molar-refractivity contribution is 0.532. The van der Waals surface area contributed by atoms with Crippen LogP contribution in [0.25, 0.3) is 0 Å². The number of nitrogens with one attached hydrogen (secondary N) is 1. The van der Waals surface area contributed by atoms with Crippen molar-refractivity contribution in [1.82, 2.24) is 10.3 Å². The largest absolute Gasteiger partial charge is 0.313 e. The van der Waals surface area contributed by atoms with E-state index in [1.807, 2.05) is 24.3 Å². The molecule has 1 aliphatic carbocycles. The lowest BCUT2D eigenvalue weighted by Gasteiger charge is -2.18. The summed E-state index contributed by atoms with van der Waals surface area (Å²) < 4.78 is 15.1. The van der Waals surface area contributed by atoms with Crippen LogP contribution in [0.15, 0.2) is 47.1 Å². The molecule has 3 rings (SSSR count). The average Bonchev–Trinajstić information content (AvgIpc) is 3.30. The van der Waals surface area contributed by atoms with Crippen LogP contribution in [0.3, 0.4) is 0 Å². The minimum absolute atomic E-state index is 0.112. The number of rotatable bonds is 6. The van der Waals surface area contributed by atoms with E-state index in [2.05, 4.69) is 26.2 Å². The lowest BCUT2D eigenvalue weighted by atomic mass is 9.93. The van der Waals surface area contributed by atoms with E-state index in [1.54, 1.807) is 12.3 Å². The van der Waals surface area contributed by atoms with Gasteiger partial charge in [-0.15, -0.1) is 0 Å². The Morgan fingerprint density at radius 3 is 2.71 bits per heavy atom. The van der Waals surface area contributed by atoms with Gasteiger partial charge in [-0.05, 0) is 59.0 Å². The first-order valence-corrected chi connectivity index (χ1v) is 8.10. The van der Waals surface area contributed by atoms with Gasteiger partial charge in [0.2, 0.25) is 0 Å². The second-order valence-corrected chi connectivity index (χ2v) is 6.49. The second kappa shape index (κ2) is 6.67. The second-order valence-electron chi connectivity index (χ2n) is 5.57. The van der Waals surface area contributed by atoms with Crippen LogP contribution in [-0.4, -0.2) is 17.6 Å². The molecule has 21 heavy (non-hydrogen) atoms. The van der Waals surface area contributed by atoms with E-state index in [4.69, 9.17) is 0 Å². The molecule has 1 fully saturated rings. The van der Waals surface area contributed by atoms with E-state index in [9.17, 15) is 4.39 Å². The number of hydrogen-bond donors (Lipinski definition) is 1. The Morgan fingerprint density at radius 2 is 2.05 bits per heavy atom. The highest BCUT2D eigenvalue weighted by Crippen LogP contribution is 2.25.